The van der Waals surface area contributed by atoms with Crippen LogP contribution in [0.4, 0.5) is 0 Å². The molecule has 14 heavy (non-hydrogen) atoms. The first-order chi connectivity index (χ1) is 6.75. The third-order valence-corrected chi connectivity index (χ3v) is 3.43. The van der Waals surface area contributed by atoms with Gasteiger partial charge in [0.2, 0.25) is 0 Å². The maximum atomic E-state index is 3.64. The van der Waals surface area contributed by atoms with E-state index in [1.54, 1.807) is 0 Å². The summed E-state index contributed by atoms with van der Waals surface area (Å²) in [6.45, 7) is 2.24. The van der Waals surface area contributed by atoms with Crippen molar-refractivity contribution in [2.24, 2.45) is 0 Å². The number of benzene rings is 1. The van der Waals surface area contributed by atoms with Crippen molar-refractivity contribution < 1.29 is 0 Å². The summed E-state index contributed by atoms with van der Waals surface area (Å²) in [5, 5.41) is 3.64. The summed E-state index contributed by atoms with van der Waals surface area (Å²) in [4.78, 5) is 0. The first kappa shape index (κ1) is 10.2. The van der Waals surface area contributed by atoms with Crippen LogP contribution in [0.5, 0.6) is 0 Å². The summed E-state index contributed by atoms with van der Waals surface area (Å²) >= 11 is 3.50. The van der Waals surface area contributed by atoms with Crippen molar-refractivity contribution in [2.75, 3.05) is 0 Å². The smallest absolute Gasteiger partial charge is 0.0294 e. The fraction of sp³-hybridized carbons (Fsp3) is 0.500. The highest BCUT2D eigenvalue weighted by molar-refractivity contribution is 9.10. The minimum atomic E-state index is 0.470. The minimum Gasteiger partial charge on any atom is -0.307 e. The lowest BCUT2D eigenvalue weighted by Crippen LogP contribution is -2.36. The van der Waals surface area contributed by atoms with Gasteiger partial charge in [0.25, 0.3) is 0 Å². The van der Waals surface area contributed by atoms with E-state index in [0.717, 1.165) is 10.5 Å². The highest BCUT2D eigenvalue weighted by Gasteiger charge is 2.19. The quantitative estimate of drug-likeness (QED) is 0.868. The Kier molecular flexibility index (Phi) is 3.24. The van der Waals surface area contributed by atoms with E-state index in [1.807, 2.05) is 0 Å². The molecule has 1 aliphatic rings. The van der Waals surface area contributed by atoms with Crippen LogP contribution in [0.25, 0.3) is 0 Å². The Morgan fingerprint density at radius 3 is 2.79 bits per heavy atom. The number of hydrogen-bond donors (Lipinski definition) is 1. The largest absolute Gasteiger partial charge is 0.307 e. The molecule has 0 aliphatic heterocycles. The predicted molar refractivity (Wildman–Crippen MR) is 63.3 cm³/mol. The van der Waals surface area contributed by atoms with E-state index in [9.17, 15) is 0 Å². The Balaban J connectivity index is 1.98. The van der Waals surface area contributed by atoms with Crippen LogP contribution >= 0.6 is 15.9 Å². The summed E-state index contributed by atoms with van der Waals surface area (Å²) in [5.74, 6) is 0. The Morgan fingerprint density at radius 1 is 1.43 bits per heavy atom. The second-order valence-corrected chi connectivity index (χ2v) is 4.99. The SMILES string of the molecule is C[C@H](NC1CCC1)c1cccc(Br)c1. The van der Waals surface area contributed by atoms with Crippen LogP contribution in [0.3, 0.4) is 0 Å². The van der Waals surface area contributed by atoms with Gasteiger partial charge in [-0.15, -0.1) is 0 Å². The van der Waals surface area contributed by atoms with Gasteiger partial charge in [-0.05, 0) is 37.5 Å². The molecule has 1 saturated carbocycles. The van der Waals surface area contributed by atoms with Crippen molar-refractivity contribution in [2.45, 2.75) is 38.3 Å². The molecule has 0 aromatic heterocycles. The second-order valence-electron chi connectivity index (χ2n) is 4.07. The summed E-state index contributed by atoms with van der Waals surface area (Å²) in [6, 6.07) is 9.76. The highest BCUT2D eigenvalue weighted by Crippen LogP contribution is 2.23. The zero-order valence-corrected chi connectivity index (χ0v) is 10.0. The number of nitrogens with one attached hydrogen (secondary N) is 1. The molecule has 1 aliphatic carbocycles. The molecule has 1 atom stereocenters. The zero-order chi connectivity index (χ0) is 9.97. The normalized spacial score (nSPS) is 19.0. The Morgan fingerprint density at radius 2 is 2.21 bits per heavy atom. The van der Waals surface area contributed by atoms with Crippen LogP contribution in [0, 0.1) is 0 Å². The lowest BCUT2D eigenvalue weighted by Gasteiger charge is -2.30. The van der Waals surface area contributed by atoms with Crippen LogP contribution in [-0.2, 0) is 0 Å². The van der Waals surface area contributed by atoms with Crippen molar-refractivity contribution in [3.8, 4) is 0 Å². The van der Waals surface area contributed by atoms with Gasteiger partial charge in [-0.25, -0.2) is 0 Å². The van der Waals surface area contributed by atoms with Crippen molar-refractivity contribution >= 4 is 15.9 Å². The topological polar surface area (TPSA) is 12.0 Å². The number of halogens is 1. The Hall–Kier alpha value is -0.340. The lowest BCUT2D eigenvalue weighted by atomic mass is 9.92. The number of hydrogen-bond acceptors (Lipinski definition) is 1. The lowest BCUT2D eigenvalue weighted by molar-refractivity contribution is 0.313. The summed E-state index contributed by atoms with van der Waals surface area (Å²) < 4.78 is 1.16. The van der Waals surface area contributed by atoms with E-state index in [-0.39, 0.29) is 0 Å². The molecule has 0 saturated heterocycles. The first-order valence-corrected chi connectivity index (χ1v) is 6.06. The molecule has 1 nitrogen and oxygen atoms in total. The van der Waals surface area contributed by atoms with Gasteiger partial charge in [-0.2, -0.15) is 0 Å². The van der Waals surface area contributed by atoms with Crippen LogP contribution in [0.1, 0.15) is 37.8 Å². The standard InChI is InChI=1S/C12H16BrN/c1-9(14-12-6-3-7-12)10-4-2-5-11(13)8-10/h2,4-5,8-9,12,14H,3,6-7H2,1H3/t9-/m0/s1. The summed E-state index contributed by atoms with van der Waals surface area (Å²) in [5.41, 5.74) is 1.37. The third-order valence-electron chi connectivity index (χ3n) is 2.94. The molecular formula is C12H16BrN. The molecule has 1 aromatic rings. The predicted octanol–water partition coefficient (Wildman–Crippen LogP) is 3.65. The van der Waals surface area contributed by atoms with Gasteiger partial charge in [-0.1, -0.05) is 34.5 Å². The molecule has 2 heteroatoms. The highest BCUT2D eigenvalue weighted by atomic mass is 79.9. The first-order valence-electron chi connectivity index (χ1n) is 5.27. The minimum absolute atomic E-state index is 0.470. The van der Waals surface area contributed by atoms with E-state index in [0.29, 0.717) is 6.04 Å². The maximum absolute atomic E-state index is 3.64. The van der Waals surface area contributed by atoms with Crippen molar-refractivity contribution in [1.82, 2.24) is 5.32 Å². The molecule has 0 spiro atoms. The van der Waals surface area contributed by atoms with E-state index in [4.69, 9.17) is 0 Å². The molecule has 0 unspecified atom stereocenters. The molecule has 0 amide bonds. The van der Waals surface area contributed by atoms with Crippen molar-refractivity contribution in [3.63, 3.8) is 0 Å². The molecule has 0 radical (unpaired) electrons. The zero-order valence-electron chi connectivity index (χ0n) is 8.46. The average Bonchev–Trinajstić information content (AvgIpc) is 2.11. The molecule has 0 bridgehead atoms. The molecule has 1 N–H and O–H groups in total. The third kappa shape index (κ3) is 2.37. The average molecular weight is 254 g/mol. The van der Waals surface area contributed by atoms with Crippen LogP contribution in [-0.4, -0.2) is 6.04 Å². The van der Waals surface area contributed by atoms with E-state index in [1.165, 1.54) is 24.8 Å². The fourth-order valence-corrected chi connectivity index (χ4v) is 2.22. The van der Waals surface area contributed by atoms with Gasteiger partial charge in [0.15, 0.2) is 0 Å². The van der Waals surface area contributed by atoms with Crippen molar-refractivity contribution in [3.05, 3.63) is 34.3 Å². The Labute approximate surface area is 94.0 Å². The van der Waals surface area contributed by atoms with Crippen molar-refractivity contribution in [1.29, 1.82) is 0 Å². The van der Waals surface area contributed by atoms with Gasteiger partial charge in [0.05, 0.1) is 0 Å². The van der Waals surface area contributed by atoms with Gasteiger partial charge in [0.1, 0.15) is 0 Å². The molecule has 1 fully saturated rings. The molecule has 1 aromatic carbocycles. The van der Waals surface area contributed by atoms with E-state index >= 15 is 0 Å². The van der Waals surface area contributed by atoms with Gasteiger partial charge < -0.3 is 5.32 Å². The van der Waals surface area contributed by atoms with E-state index in [2.05, 4.69) is 52.4 Å². The molecule has 2 rings (SSSR count). The fourth-order valence-electron chi connectivity index (χ4n) is 1.80. The summed E-state index contributed by atoms with van der Waals surface area (Å²) in [7, 11) is 0. The Bertz CT molecular complexity index is 307. The monoisotopic (exact) mass is 253 g/mol. The van der Waals surface area contributed by atoms with E-state index < -0.39 is 0 Å². The summed E-state index contributed by atoms with van der Waals surface area (Å²) in [6.07, 6.45) is 4.08. The molecule has 0 heterocycles. The molecular weight excluding hydrogens is 238 g/mol. The van der Waals surface area contributed by atoms with Gasteiger partial charge in [0, 0.05) is 16.6 Å². The maximum Gasteiger partial charge on any atom is 0.0294 e. The van der Waals surface area contributed by atoms with Crippen LogP contribution in [0.2, 0.25) is 0 Å². The van der Waals surface area contributed by atoms with Crippen LogP contribution in [0.15, 0.2) is 28.7 Å². The van der Waals surface area contributed by atoms with Gasteiger partial charge >= 0.3 is 0 Å². The van der Waals surface area contributed by atoms with Gasteiger partial charge in [-0.3, -0.25) is 0 Å². The van der Waals surface area contributed by atoms with Crippen LogP contribution < -0.4 is 5.32 Å². The molecule has 76 valence electrons. The number of rotatable bonds is 3. The second kappa shape index (κ2) is 4.45.